The lowest BCUT2D eigenvalue weighted by atomic mass is 9.85. The van der Waals surface area contributed by atoms with Crippen molar-refractivity contribution in [1.82, 2.24) is 0 Å². The minimum Gasteiger partial charge on any atom is -0.387 e. The molecule has 2 heteroatoms. The topological polar surface area (TPSA) is 29.5 Å². The summed E-state index contributed by atoms with van der Waals surface area (Å²) in [5.74, 6) is 1.33. The van der Waals surface area contributed by atoms with E-state index in [2.05, 4.69) is 6.92 Å². The van der Waals surface area contributed by atoms with Crippen LogP contribution in [0.5, 0.6) is 0 Å². The molecule has 0 amide bonds. The van der Waals surface area contributed by atoms with E-state index in [9.17, 15) is 5.11 Å². The number of hydrogen-bond acceptors (Lipinski definition) is 2. The van der Waals surface area contributed by atoms with Crippen LogP contribution in [-0.4, -0.2) is 23.9 Å². The lowest BCUT2D eigenvalue weighted by molar-refractivity contribution is -0.0805. The molecule has 0 aromatic carbocycles. The zero-order valence-electron chi connectivity index (χ0n) is 8.46. The van der Waals surface area contributed by atoms with E-state index in [0.29, 0.717) is 12.5 Å². The van der Waals surface area contributed by atoms with E-state index in [1.807, 2.05) is 0 Å². The molecule has 3 atom stereocenters. The van der Waals surface area contributed by atoms with E-state index >= 15 is 0 Å². The Morgan fingerprint density at radius 1 is 1.46 bits per heavy atom. The van der Waals surface area contributed by atoms with E-state index in [-0.39, 0.29) is 0 Å². The Hall–Kier alpha value is -0.0800. The fourth-order valence-electron chi connectivity index (χ4n) is 2.98. The van der Waals surface area contributed by atoms with Crippen LogP contribution < -0.4 is 0 Å². The molecule has 2 rings (SSSR count). The number of rotatable bonds is 4. The highest BCUT2D eigenvalue weighted by Crippen LogP contribution is 2.50. The monoisotopic (exact) mass is 184 g/mol. The molecule has 0 heterocycles. The van der Waals surface area contributed by atoms with Crippen molar-refractivity contribution in [3.05, 3.63) is 0 Å². The normalized spacial score (nSPS) is 42.9. The van der Waals surface area contributed by atoms with E-state index in [4.69, 9.17) is 4.74 Å². The van der Waals surface area contributed by atoms with Crippen LogP contribution in [0.2, 0.25) is 0 Å². The van der Waals surface area contributed by atoms with E-state index in [0.717, 1.165) is 25.4 Å². The summed E-state index contributed by atoms with van der Waals surface area (Å²) < 4.78 is 5.47. The molecule has 0 radical (unpaired) electrons. The van der Waals surface area contributed by atoms with Gasteiger partial charge >= 0.3 is 0 Å². The SMILES string of the molecule is CCCOCC1(O)CC2CCC1C2. The number of hydrogen-bond donors (Lipinski definition) is 1. The zero-order chi connectivity index (χ0) is 9.31. The molecule has 2 aliphatic carbocycles. The van der Waals surface area contributed by atoms with Gasteiger partial charge in [-0.1, -0.05) is 6.92 Å². The minimum atomic E-state index is -0.460. The molecule has 2 saturated carbocycles. The smallest absolute Gasteiger partial charge is 0.0910 e. The van der Waals surface area contributed by atoms with Crippen LogP contribution in [-0.2, 0) is 4.74 Å². The van der Waals surface area contributed by atoms with Gasteiger partial charge in [-0.25, -0.2) is 0 Å². The molecule has 0 aliphatic heterocycles. The Balaban J connectivity index is 1.83. The highest BCUT2D eigenvalue weighted by molar-refractivity contribution is 5.00. The van der Waals surface area contributed by atoms with Crippen molar-refractivity contribution in [2.24, 2.45) is 11.8 Å². The molecule has 3 unspecified atom stereocenters. The van der Waals surface area contributed by atoms with Gasteiger partial charge in [-0.05, 0) is 43.9 Å². The second-order valence-electron chi connectivity index (χ2n) is 4.74. The molecule has 2 nitrogen and oxygen atoms in total. The first-order valence-corrected chi connectivity index (χ1v) is 5.55. The van der Waals surface area contributed by atoms with E-state index in [1.165, 1.54) is 19.3 Å². The third kappa shape index (κ3) is 1.75. The van der Waals surface area contributed by atoms with Crippen molar-refractivity contribution >= 4 is 0 Å². The van der Waals surface area contributed by atoms with Crippen LogP contribution in [0.25, 0.3) is 0 Å². The number of fused-ring (bicyclic) bond motifs is 2. The van der Waals surface area contributed by atoms with Gasteiger partial charge in [0.15, 0.2) is 0 Å². The molecule has 1 N–H and O–H groups in total. The molecular weight excluding hydrogens is 164 g/mol. The minimum absolute atomic E-state index is 0.460. The van der Waals surface area contributed by atoms with Crippen molar-refractivity contribution in [3.8, 4) is 0 Å². The van der Waals surface area contributed by atoms with Gasteiger partial charge in [0.25, 0.3) is 0 Å². The highest BCUT2D eigenvalue weighted by atomic mass is 16.5. The summed E-state index contributed by atoms with van der Waals surface area (Å²) in [5.41, 5.74) is -0.460. The maximum absolute atomic E-state index is 10.3. The predicted molar refractivity (Wildman–Crippen MR) is 51.5 cm³/mol. The summed E-state index contributed by atoms with van der Waals surface area (Å²) in [6.45, 7) is 3.46. The summed E-state index contributed by atoms with van der Waals surface area (Å²) in [5, 5.41) is 10.3. The van der Waals surface area contributed by atoms with Gasteiger partial charge in [0.2, 0.25) is 0 Å². The van der Waals surface area contributed by atoms with Crippen LogP contribution in [0.4, 0.5) is 0 Å². The van der Waals surface area contributed by atoms with E-state index < -0.39 is 5.60 Å². The summed E-state index contributed by atoms with van der Waals surface area (Å²) in [6.07, 6.45) is 5.83. The lowest BCUT2D eigenvalue weighted by Crippen LogP contribution is -2.40. The Morgan fingerprint density at radius 2 is 2.31 bits per heavy atom. The quantitative estimate of drug-likeness (QED) is 0.677. The molecule has 76 valence electrons. The largest absolute Gasteiger partial charge is 0.387 e. The van der Waals surface area contributed by atoms with Crippen molar-refractivity contribution in [3.63, 3.8) is 0 Å². The molecule has 2 fully saturated rings. The molecule has 0 saturated heterocycles. The molecule has 0 aromatic heterocycles. The Labute approximate surface area is 80.3 Å². The maximum atomic E-state index is 10.3. The highest BCUT2D eigenvalue weighted by Gasteiger charge is 2.49. The predicted octanol–water partition coefficient (Wildman–Crippen LogP) is 1.96. The van der Waals surface area contributed by atoms with Gasteiger partial charge in [-0.2, -0.15) is 0 Å². The number of aliphatic hydroxyl groups is 1. The zero-order valence-corrected chi connectivity index (χ0v) is 8.46. The van der Waals surface area contributed by atoms with Gasteiger partial charge in [-0.3, -0.25) is 0 Å². The van der Waals surface area contributed by atoms with Gasteiger partial charge < -0.3 is 9.84 Å². The van der Waals surface area contributed by atoms with Gasteiger partial charge in [0.1, 0.15) is 0 Å². The maximum Gasteiger partial charge on any atom is 0.0910 e. The Morgan fingerprint density at radius 3 is 2.85 bits per heavy atom. The Bertz CT molecular complexity index is 181. The summed E-state index contributed by atoms with van der Waals surface area (Å²) in [4.78, 5) is 0. The third-order valence-electron chi connectivity index (χ3n) is 3.64. The van der Waals surface area contributed by atoms with E-state index in [1.54, 1.807) is 0 Å². The standard InChI is InChI=1S/C11H20O2/c1-2-5-13-8-11(12)7-9-3-4-10(11)6-9/h9-10,12H,2-8H2,1H3. The first-order valence-electron chi connectivity index (χ1n) is 5.55. The first kappa shape index (κ1) is 9.47. The Kier molecular flexibility index (Phi) is 2.61. The first-order chi connectivity index (χ1) is 6.24. The summed E-state index contributed by atoms with van der Waals surface area (Å²) in [6, 6.07) is 0. The molecular formula is C11H20O2. The fourth-order valence-corrected chi connectivity index (χ4v) is 2.98. The molecule has 13 heavy (non-hydrogen) atoms. The van der Waals surface area contributed by atoms with Crippen molar-refractivity contribution in [2.75, 3.05) is 13.2 Å². The van der Waals surface area contributed by atoms with Crippen molar-refractivity contribution in [1.29, 1.82) is 0 Å². The molecule has 0 spiro atoms. The van der Waals surface area contributed by atoms with Crippen molar-refractivity contribution < 1.29 is 9.84 Å². The van der Waals surface area contributed by atoms with Gasteiger partial charge in [-0.15, -0.1) is 0 Å². The number of ether oxygens (including phenoxy) is 1. The molecule has 2 aliphatic rings. The molecule has 0 aromatic rings. The third-order valence-corrected chi connectivity index (χ3v) is 3.64. The average molecular weight is 184 g/mol. The van der Waals surface area contributed by atoms with Gasteiger partial charge in [0.05, 0.1) is 12.2 Å². The van der Waals surface area contributed by atoms with Gasteiger partial charge in [0, 0.05) is 6.61 Å². The molecule has 2 bridgehead atoms. The lowest BCUT2D eigenvalue weighted by Gasteiger charge is -2.32. The van der Waals surface area contributed by atoms with Crippen LogP contribution in [0.1, 0.15) is 39.0 Å². The van der Waals surface area contributed by atoms with Crippen LogP contribution in [0, 0.1) is 11.8 Å². The average Bonchev–Trinajstić information content (AvgIpc) is 2.64. The summed E-state index contributed by atoms with van der Waals surface area (Å²) >= 11 is 0. The fraction of sp³-hybridized carbons (Fsp3) is 1.00. The second-order valence-corrected chi connectivity index (χ2v) is 4.74. The second kappa shape index (κ2) is 3.58. The van der Waals surface area contributed by atoms with Crippen LogP contribution in [0.3, 0.4) is 0 Å². The summed E-state index contributed by atoms with van der Waals surface area (Å²) in [7, 11) is 0. The van der Waals surface area contributed by atoms with Crippen LogP contribution in [0.15, 0.2) is 0 Å². The van der Waals surface area contributed by atoms with Crippen molar-refractivity contribution in [2.45, 2.75) is 44.6 Å². The van der Waals surface area contributed by atoms with Crippen LogP contribution >= 0.6 is 0 Å².